The Kier molecular flexibility index (Phi) is 5.17. The summed E-state index contributed by atoms with van der Waals surface area (Å²) in [5.74, 6) is 0. The van der Waals surface area contributed by atoms with Gasteiger partial charge >= 0.3 is 0 Å². The molecule has 0 saturated heterocycles. The maximum Gasteiger partial charge on any atom is 0.0367 e. The standard InChI is InChI=1S/C14H24N2/c1-3-4-5-6-7-8-12-9-13(15)10-14(16)11(12)2/h9-10H,3-8,15-16H2,1-2H3. The molecule has 90 valence electrons. The molecular weight excluding hydrogens is 196 g/mol. The third-order valence-electron chi connectivity index (χ3n) is 3.13. The van der Waals surface area contributed by atoms with Gasteiger partial charge in [0, 0.05) is 11.4 Å². The minimum Gasteiger partial charge on any atom is -0.399 e. The number of nitrogens with two attached hydrogens (primary N) is 2. The van der Waals surface area contributed by atoms with E-state index in [4.69, 9.17) is 11.5 Å². The number of unbranched alkanes of at least 4 members (excludes halogenated alkanes) is 4. The fraction of sp³-hybridized carbons (Fsp3) is 0.571. The molecule has 1 aromatic rings. The summed E-state index contributed by atoms with van der Waals surface area (Å²) in [4.78, 5) is 0. The second-order valence-electron chi connectivity index (χ2n) is 4.56. The van der Waals surface area contributed by atoms with Crippen molar-refractivity contribution in [2.45, 2.75) is 52.4 Å². The summed E-state index contributed by atoms with van der Waals surface area (Å²) < 4.78 is 0. The van der Waals surface area contributed by atoms with Crippen LogP contribution in [0.2, 0.25) is 0 Å². The molecule has 0 unspecified atom stereocenters. The zero-order valence-corrected chi connectivity index (χ0v) is 10.6. The maximum absolute atomic E-state index is 5.89. The molecule has 2 heteroatoms. The normalized spacial score (nSPS) is 10.6. The van der Waals surface area contributed by atoms with Crippen molar-refractivity contribution in [2.75, 3.05) is 11.5 Å². The molecule has 0 atom stereocenters. The van der Waals surface area contributed by atoms with Gasteiger partial charge in [0.2, 0.25) is 0 Å². The van der Waals surface area contributed by atoms with E-state index in [0.29, 0.717) is 0 Å². The first-order valence-corrected chi connectivity index (χ1v) is 6.29. The lowest BCUT2D eigenvalue weighted by atomic mass is 9.99. The number of nitrogen functional groups attached to an aromatic ring is 2. The Morgan fingerprint density at radius 2 is 1.69 bits per heavy atom. The van der Waals surface area contributed by atoms with Gasteiger partial charge < -0.3 is 11.5 Å². The number of aryl methyl sites for hydroxylation is 1. The third kappa shape index (κ3) is 3.76. The highest BCUT2D eigenvalue weighted by atomic mass is 14.6. The van der Waals surface area contributed by atoms with Crippen LogP contribution in [0.5, 0.6) is 0 Å². The predicted molar refractivity (Wildman–Crippen MR) is 72.5 cm³/mol. The summed E-state index contributed by atoms with van der Waals surface area (Å²) in [5, 5.41) is 0. The molecule has 0 amide bonds. The number of hydrogen-bond donors (Lipinski definition) is 2. The van der Waals surface area contributed by atoms with Crippen LogP contribution in [-0.4, -0.2) is 0 Å². The Bertz CT molecular complexity index is 332. The third-order valence-corrected chi connectivity index (χ3v) is 3.13. The molecule has 0 spiro atoms. The molecule has 0 aliphatic rings. The Balaban J connectivity index is 2.47. The second-order valence-corrected chi connectivity index (χ2v) is 4.56. The highest BCUT2D eigenvalue weighted by Gasteiger charge is 2.03. The molecule has 2 nitrogen and oxygen atoms in total. The zero-order valence-electron chi connectivity index (χ0n) is 10.6. The van der Waals surface area contributed by atoms with E-state index in [2.05, 4.69) is 19.9 Å². The van der Waals surface area contributed by atoms with E-state index in [0.717, 1.165) is 17.8 Å². The van der Waals surface area contributed by atoms with Gasteiger partial charge in [-0.25, -0.2) is 0 Å². The summed E-state index contributed by atoms with van der Waals surface area (Å²) >= 11 is 0. The largest absolute Gasteiger partial charge is 0.399 e. The fourth-order valence-corrected chi connectivity index (χ4v) is 2.00. The lowest BCUT2D eigenvalue weighted by molar-refractivity contribution is 0.631. The van der Waals surface area contributed by atoms with Crippen molar-refractivity contribution in [3.05, 3.63) is 23.3 Å². The summed E-state index contributed by atoms with van der Waals surface area (Å²) in [5.41, 5.74) is 15.8. The van der Waals surface area contributed by atoms with Crippen molar-refractivity contribution in [3.8, 4) is 0 Å². The molecule has 16 heavy (non-hydrogen) atoms. The Morgan fingerprint density at radius 1 is 1.00 bits per heavy atom. The van der Waals surface area contributed by atoms with Crippen LogP contribution in [0.15, 0.2) is 12.1 Å². The summed E-state index contributed by atoms with van der Waals surface area (Å²) in [6, 6.07) is 3.90. The topological polar surface area (TPSA) is 52.0 Å². The van der Waals surface area contributed by atoms with Crippen molar-refractivity contribution in [3.63, 3.8) is 0 Å². The monoisotopic (exact) mass is 220 g/mol. The van der Waals surface area contributed by atoms with Crippen LogP contribution in [0, 0.1) is 6.92 Å². The van der Waals surface area contributed by atoms with Crippen molar-refractivity contribution in [2.24, 2.45) is 0 Å². The van der Waals surface area contributed by atoms with Crippen LogP contribution in [0.3, 0.4) is 0 Å². The van der Waals surface area contributed by atoms with Crippen LogP contribution in [-0.2, 0) is 6.42 Å². The molecule has 0 fully saturated rings. The van der Waals surface area contributed by atoms with Crippen molar-refractivity contribution >= 4 is 11.4 Å². The number of hydrogen-bond acceptors (Lipinski definition) is 2. The van der Waals surface area contributed by atoms with E-state index in [9.17, 15) is 0 Å². The summed E-state index contributed by atoms with van der Waals surface area (Å²) in [6.45, 7) is 4.32. The van der Waals surface area contributed by atoms with Crippen LogP contribution >= 0.6 is 0 Å². The Labute approximate surface area is 99.0 Å². The summed E-state index contributed by atoms with van der Waals surface area (Å²) in [6.07, 6.45) is 7.63. The van der Waals surface area contributed by atoms with Crippen LogP contribution in [0.4, 0.5) is 11.4 Å². The van der Waals surface area contributed by atoms with Gasteiger partial charge in [0.15, 0.2) is 0 Å². The van der Waals surface area contributed by atoms with E-state index in [-0.39, 0.29) is 0 Å². The number of benzene rings is 1. The second kappa shape index (κ2) is 6.41. The lowest BCUT2D eigenvalue weighted by Gasteiger charge is -2.10. The van der Waals surface area contributed by atoms with Crippen LogP contribution in [0.1, 0.15) is 50.2 Å². The number of anilines is 2. The molecule has 4 N–H and O–H groups in total. The van der Waals surface area contributed by atoms with Crippen LogP contribution in [0.25, 0.3) is 0 Å². The van der Waals surface area contributed by atoms with Gasteiger partial charge in [-0.1, -0.05) is 32.6 Å². The number of rotatable bonds is 6. The molecule has 0 bridgehead atoms. The van der Waals surface area contributed by atoms with Gasteiger partial charge in [-0.15, -0.1) is 0 Å². The molecule has 0 radical (unpaired) electrons. The average molecular weight is 220 g/mol. The van der Waals surface area contributed by atoms with Crippen LogP contribution < -0.4 is 11.5 Å². The molecule has 0 aliphatic heterocycles. The van der Waals surface area contributed by atoms with Gasteiger partial charge in [0.1, 0.15) is 0 Å². The highest BCUT2D eigenvalue weighted by Crippen LogP contribution is 2.22. The minimum atomic E-state index is 0.784. The molecule has 0 aromatic heterocycles. The Morgan fingerprint density at radius 3 is 2.38 bits per heavy atom. The predicted octanol–water partition coefficient (Wildman–Crippen LogP) is 3.67. The lowest BCUT2D eigenvalue weighted by Crippen LogP contribution is -1.99. The van der Waals surface area contributed by atoms with Gasteiger partial charge in [-0.05, 0) is 43.0 Å². The first-order chi connectivity index (χ1) is 7.65. The zero-order chi connectivity index (χ0) is 12.0. The van der Waals surface area contributed by atoms with Gasteiger partial charge in [-0.2, -0.15) is 0 Å². The first kappa shape index (κ1) is 12.9. The quantitative estimate of drug-likeness (QED) is 0.567. The highest BCUT2D eigenvalue weighted by molar-refractivity contribution is 5.59. The smallest absolute Gasteiger partial charge is 0.0367 e. The maximum atomic E-state index is 5.89. The van der Waals surface area contributed by atoms with Gasteiger partial charge in [0.05, 0.1) is 0 Å². The van der Waals surface area contributed by atoms with E-state index < -0.39 is 0 Å². The average Bonchev–Trinajstić information content (AvgIpc) is 2.24. The molecule has 0 aliphatic carbocycles. The van der Waals surface area contributed by atoms with Gasteiger partial charge in [0.25, 0.3) is 0 Å². The molecule has 0 heterocycles. The van der Waals surface area contributed by atoms with E-state index in [1.807, 2.05) is 6.07 Å². The molecule has 1 rings (SSSR count). The fourth-order valence-electron chi connectivity index (χ4n) is 2.00. The molecule has 0 saturated carbocycles. The van der Waals surface area contributed by atoms with E-state index >= 15 is 0 Å². The van der Waals surface area contributed by atoms with E-state index in [1.54, 1.807) is 0 Å². The minimum absolute atomic E-state index is 0.784. The molecule has 1 aromatic carbocycles. The van der Waals surface area contributed by atoms with Crippen molar-refractivity contribution < 1.29 is 0 Å². The Hall–Kier alpha value is -1.18. The molecular formula is C14H24N2. The van der Waals surface area contributed by atoms with Crippen molar-refractivity contribution in [1.29, 1.82) is 0 Å². The van der Waals surface area contributed by atoms with Crippen molar-refractivity contribution in [1.82, 2.24) is 0 Å². The first-order valence-electron chi connectivity index (χ1n) is 6.29. The summed E-state index contributed by atoms with van der Waals surface area (Å²) in [7, 11) is 0. The van der Waals surface area contributed by atoms with E-state index in [1.165, 1.54) is 43.2 Å². The SMILES string of the molecule is CCCCCCCc1cc(N)cc(N)c1C. The van der Waals surface area contributed by atoms with Gasteiger partial charge in [-0.3, -0.25) is 0 Å².